The van der Waals surface area contributed by atoms with E-state index in [0.717, 1.165) is 48.5 Å². The maximum atomic E-state index is 6.08. The van der Waals surface area contributed by atoms with E-state index in [1.54, 1.807) is 11.3 Å². The molecule has 6 heteroatoms. The first kappa shape index (κ1) is 14.5. The molecular formula is C17H19N5S. The van der Waals surface area contributed by atoms with Crippen molar-refractivity contribution in [3.63, 3.8) is 0 Å². The zero-order chi connectivity index (χ0) is 15.6. The predicted molar refractivity (Wildman–Crippen MR) is 93.3 cm³/mol. The van der Waals surface area contributed by atoms with Crippen LogP contribution in [-0.2, 0) is 6.54 Å². The lowest BCUT2D eigenvalue weighted by atomic mass is 9.95. The summed E-state index contributed by atoms with van der Waals surface area (Å²) in [6, 6.07) is 6.12. The Hall–Kier alpha value is -2.05. The number of piperidine rings is 1. The van der Waals surface area contributed by atoms with Crippen LogP contribution in [0, 0.1) is 0 Å². The molecule has 1 aliphatic heterocycles. The molecule has 2 N–H and O–H groups in total. The zero-order valence-electron chi connectivity index (χ0n) is 12.9. The third-order valence-electron chi connectivity index (χ3n) is 4.45. The summed E-state index contributed by atoms with van der Waals surface area (Å²) in [4.78, 5) is 16.9. The minimum Gasteiger partial charge on any atom is -0.383 e. The van der Waals surface area contributed by atoms with E-state index in [0.29, 0.717) is 11.7 Å². The summed E-state index contributed by atoms with van der Waals surface area (Å²) in [6.45, 7) is 3.09. The molecule has 3 aromatic rings. The topological polar surface area (TPSA) is 67.9 Å². The number of aromatic nitrogens is 3. The minimum atomic E-state index is 0.411. The van der Waals surface area contributed by atoms with Gasteiger partial charge in [0, 0.05) is 24.9 Å². The molecule has 23 heavy (non-hydrogen) atoms. The summed E-state index contributed by atoms with van der Waals surface area (Å²) in [5.74, 6) is 1.94. The van der Waals surface area contributed by atoms with Crippen molar-refractivity contribution in [2.45, 2.75) is 25.3 Å². The molecule has 1 aliphatic rings. The van der Waals surface area contributed by atoms with Gasteiger partial charge in [-0.15, -0.1) is 11.3 Å². The molecule has 4 rings (SSSR count). The normalized spacial score (nSPS) is 16.9. The monoisotopic (exact) mass is 325 g/mol. The van der Waals surface area contributed by atoms with E-state index < -0.39 is 0 Å². The minimum absolute atomic E-state index is 0.411. The van der Waals surface area contributed by atoms with Crippen LogP contribution in [0.1, 0.15) is 30.1 Å². The third-order valence-corrected chi connectivity index (χ3v) is 5.26. The molecule has 0 radical (unpaired) electrons. The highest BCUT2D eigenvalue weighted by atomic mass is 32.1. The second-order valence-corrected chi connectivity index (χ2v) is 6.91. The second kappa shape index (κ2) is 6.22. The predicted octanol–water partition coefficient (Wildman–Crippen LogP) is 3.05. The average molecular weight is 325 g/mol. The maximum Gasteiger partial charge on any atom is 0.135 e. The number of nitrogen functional groups attached to an aromatic ring is 1. The van der Waals surface area contributed by atoms with Crippen LogP contribution in [0.15, 0.2) is 36.0 Å². The molecule has 1 saturated heterocycles. The van der Waals surface area contributed by atoms with Crippen molar-refractivity contribution in [3.8, 4) is 0 Å². The van der Waals surface area contributed by atoms with Gasteiger partial charge in [0.15, 0.2) is 0 Å². The van der Waals surface area contributed by atoms with Gasteiger partial charge in [-0.2, -0.15) is 0 Å². The van der Waals surface area contributed by atoms with Crippen LogP contribution in [0.5, 0.6) is 0 Å². The van der Waals surface area contributed by atoms with Gasteiger partial charge in [-0.1, -0.05) is 6.07 Å². The number of likely N-dealkylation sites (tertiary alicyclic amines) is 1. The molecule has 0 saturated carbocycles. The molecule has 0 aromatic carbocycles. The number of thiophene rings is 1. The van der Waals surface area contributed by atoms with Crippen LogP contribution in [0.4, 0.5) is 5.82 Å². The first-order valence-electron chi connectivity index (χ1n) is 7.91. The number of hydrogen-bond acceptors (Lipinski definition) is 6. The van der Waals surface area contributed by atoms with Crippen molar-refractivity contribution in [2.24, 2.45) is 0 Å². The number of nitrogens with two attached hydrogens (primary N) is 1. The van der Waals surface area contributed by atoms with Gasteiger partial charge < -0.3 is 5.73 Å². The maximum absolute atomic E-state index is 6.08. The summed E-state index contributed by atoms with van der Waals surface area (Å²) >= 11 is 1.63. The van der Waals surface area contributed by atoms with E-state index >= 15 is 0 Å². The van der Waals surface area contributed by atoms with Crippen LogP contribution < -0.4 is 5.73 Å². The SMILES string of the molecule is Nc1nc(C2CCN(Cc3cccnc3)CC2)nc2sccc12. The summed E-state index contributed by atoms with van der Waals surface area (Å²) in [6.07, 6.45) is 5.92. The average Bonchev–Trinajstić information content (AvgIpc) is 3.06. The molecule has 5 nitrogen and oxygen atoms in total. The number of pyridine rings is 1. The number of hydrogen-bond donors (Lipinski definition) is 1. The molecular weight excluding hydrogens is 306 g/mol. The molecule has 118 valence electrons. The number of fused-ring (bicyclic) bond motifs is 1. The van der Waals surface area contributed by atoms with E-state index in [4.69, 9.17) is 10.7 Å². The molecule has 0 amide bonds. The first-order chi connectivity index (χ1) is 11.3. The highest BCUT2D eigenvalue weighted by Crippen LogP contribution is 2.30. The van der Waals surface area contributed by atoms with Crippen LogP contribution in [0.3, 0.4) is 0 Å². The van der Waals surface area contributed by atoms with Gasteiger partial charge in [0.25, 0.3) is 0 Å². The van der Waals surface area contributed by atoms with Crippen molar-refractivity contribution in [2.75, 3.05) is 18.8 Å². The molecule has 0 unspecified atom stereocenters. The van der Waals surface area contributed by atoms with E-state index in [-0.39, 0.29) is 0 Å². The molecule has 1 fully saturated rings. The summed E-state index contributed by atoms with van der Waals surface area (Å²) < 4.78 is 0. The van der Waals surface area contributed by atoms with E-state index in [1.165, 1.54) is 5.56 Å². The van der Waals surface area contributed by atoms with Gasteiger partial charge >= 0.3 is 0 Å². The fourth-order valence-corrected chi connectivity index (χ4v) is 3.96. The van der Waals surface area contributed by atoms with E-state index in [1.807, 2.05) is 29.9 Å². The Morgan fingerprint density at radius 2 is 2.09 bits per heavy atom. The lowest BCUT2D eigenvalue weighted by Crippen LogP contribution is -2.33. The molecule has 0 atom stereocenters. The summed E-state index contributed by atoms with van der Waals surface area (Å²) in [5, 5.41) is 3.00. The lowest BCUT2D eigenvalue weighted by Gasteiger charge is -2.31. The van der Waals surface area contributed by atoms with Gasteiger partial charge in [-0.25, -0.2) is 9.97 Å². The van der Waals surface area contributed by atoms with E-state index in [9.17, 15) is 0 Å². The third kappa shape index (κ3) is 3.04. The fourth-order valence-electron chi connectivity index (χ4n) is 3.18. The summed E-state index contributed by atoms with van der Waals surface area (Å²) in [7, 11) is 0. The lowest BCUT2D eigenvalue weighted by molar-refractivity contribution is 0.201. The van der Waals surface area contributed by atoms with Crippen molar-refractivity contribution in [1.82, 2.24) is 19.9 Å². The molecule has 3 aromatic heterocycles. The Morgan fingerprint density at radius 3 is 2.87 bits per heavy atom. The van der Waals surface area contributed by atoms with Crippen molar-refractivity contribution in [1.29, 1.82) is 0 Å². The van der Waals surface area contributed by atoms with Gasteiger partial charge in [0.05, 0.1) is 5.39 Å². The zero-order valence-corrected chi connectivity index (χ0v) is 13.7. The fraction of sp³-hybridized carbons (Fsp3) is 0.353. The van der Waals surface area contributed by atoms with Crippen molar-refractivity contribution < 1.29 is 0 Å². The Morgan fingerprint density at radius 1 is 1.22 bits per heavy atom. The number of nitrogens with zero attached hydrogens (tertiary/aromatic N) is 4. The number of anilines is 1. The summed E-state index contributed by atoms with van der Waals surface area (Å²) in [5.41, 5.74) is 7.35. The second-order valence-electron chi connectivity index (χ2n) is 6.02. The first-order valence-corrected chi connectivity index (χ1v) is 8.79. The standard InChI is InChI=1S/C17H19N5S/c18-15-14-5-9-23-17(14)21-16(20-15)13-3-7-22(8-4-13)11-12-2-1-6-19-10-12/h1-2,5-6,9-10,13H,3-4,7-8,11H2,(H2,18,20,21). The smallest absolute Gasteiger partial charge is 0.135 e. The van der Waals surface area contributed by atoms with Crippen molar-refractivity contribution in [3.05, 3.63) is 47.4 Å². The van der Waals surface area contributed by atoms with Crippen LogP contribution in [0.2, 0.25) is 0 Å². The van der Waals surface area contributed by atoms with Gasteiger partial charge in [-0.05, 0) is 49.0 Å². The highest BCUT2D eigenvalue weighted by Gasteiger charge is 2.23. The van der Waals surface area contributed by atoms with Gasteiger partial charge in [0.2, 0.25) is 0 Å². The van der Waals surface area contributed by atoms with Crippen molar-refractivity contribution >= 4 is 27.4 Å². The molecule has 4 heterocycles. The Kier molecular flexibility index (Phi) is 3.93. The molecule has 0 aliphatic carbocycles. The Balaban J connectivity index is 1.44. The molecule has 0 spiro atoms. The number of rotatable bonds is 3. The quantitative estimate of drug-likeness (QED) is 0.801. The van der Waals surface area contributed by atoms with E-state index in [2.05, 4.69) is 20.9 Å². The van der Waals surface area contributed by atoms with Crippen LogP contribution in [-0.4, -0.2) is 32.9 Å². The van der Waals surface area contributed by atoms with Crippen LogP contribution in [0.25, 0.3) is 10.2 Å². The van der Waals surface area contributed by atoms with Gasteiger partial charge in [0.1, 0.15) is 16.5 Å². The highest BCUT2D eigenvalue weighted by molar-refractivity contribution is 7.16. The molecule has 0 bridgehead atoms. The Bertz CT molecular complexity index is 793. The Labute approximate surface area is 139 Å². The largest absolute Gasteiger partial charge is 0.383 e. The van der Waals surface area contributed by atoms with Crippen LogP contribution >= 0.6 is 11.3 Å². The van der Waals surface area contributed by atoms with Gasteiger partial charge in [-0.3, -0.25) is 9.88 Å².